The number of benzene rings is 1. The van der Waals surface area contributed by atoms with E-state index in [1.165, 1.54) is 18.4 Å². The second-order valence-corrected chi connectivity index (χ2v) is 5.20. The van der Waals surface area contributed by atoms with Crippen molar-refractivity contribution in [1.82, 2.24) is 0 Å². The molecule has 0 aliphatic heterocycles. The Kier molecular flexibility index (Phi) is 2.87. The Morgan fingerprint density at radius 1 is 1.12 bits per heavy atom. The lowest BCUT2D eigenvalue weighted by Crippen LogP contribution is -2.10. The number of hydrogen-bond donors (Lipinski definition) is 1. The molecular weight excluding hydrogens is 230 g/mol. The van der Waals surface area contributed by atoms with Crippen molar-refractivity contribution in [2.75, 3.05) is 0 Å². The van der Waals surface area contributed by atoms with Gasteiger partial charge in [-0.2, -0.15) is 11.3 Å². The van der Waals surface area contributed by atoms with E-state index >= 15 is 0 Å². The Morgan fingerprint density at radius 2 is 1.88 bits per heavy atom. The molecule has 88 valence electrons. The predicted octanol–water partition coefficient (Wildman–Crippen LogP) is 3.34. The molecule has 0 saturated heterocycles. The fraction of sp³-hybridized carbons (Fsp3) is 0.286. The molecule has 1 aliphatic rings. The van der Waals surface area contributed by atoms with Crippen molar-refractivity contribution in [1.29, 1.82) is 0 Å². The summed E-state index contributed by atoms with van der Waals surface area (Å²) in [5.74, 6) is 0.953. The van der Waals surface area contributed by atoms with Gasteiger partial charge in [-0.15, -0.1) is 0 Å². The molecule has 3 rings (SSSR count). The van der Waals surface area contributed by atoms with Crippen LogP contribution < -0.4 is 10.5 Å². The number of rotatable bonds is 4. The molecule has 0 amide bonds. The van der Waals surface area contributed by atoms with Crippen LogP contribution in [0.3, 0.4) is 0 Å². The monoisotopic (exact) mass is 245 g/mol. The number of nitrogens with two attached hydrogens (primary N) is 1. The van der Waals surface area contributed by atoms with E-state index in [1.54, 1.807) is 11.3 Å². The zero-order chi connectivity index (χ0) is 11.7. The maximum atomic E-state index is 6.19. The van der Waals surface area contributed by atoms with Crippen molar-refractivity contribution in [3.05, 3.63) is 52.2 Å². The molecule has 2 N–H and O–H groups in total. The lowest BCUT2D eigenvalue weighted by Gasteiger charge is -2.11. The van der Waals surface area contributed by atoms with Crippen LogP contribution in [0.5, 0.6) is 5.75 Å². The Morgan fingerprint density at radius 3 is 2.47 bits per heavy atom. The summed E-state index contributed by atoms with van der Waals surface area (Å²) < 4.78 is 5.71. The highest BCUT2D eigenvalue weighted by molar-refractivity contribution is 7.08. The van der Waals surface area contributed by atoms with Crippen LogP contribution in [0.4, 0.5) is 0 Å². The minimum atomic E-state index is -0.0313. The topological polar surface area (TPSA) is 35.2 Å². The summed E-state index contributed by atoms with van der Waals surface area (Å²) in [4.78, 5) is 0. The lowest BCUT2D eigenvalue weighted by molar-refractivity contribution is 0.303. The number of hydrogen-bond acceptors (Lipinski definition) is 3. The summed E-state index contributed by atoms with van der Waals surface area (Å²) >= 11 is 1.68. The van der Waals surface area contributed by atoms with E-state index in [4.69, 9.17) is 10.5 Å². The fourth-order valence-corrected chi connectivity index (χ4v) is 2.47. The van der Waals surface area contributed by atoms with Gasteiger partial charge in [0, 0.05) is 0 Å². The second kappa shape index (κ2) is 4.51. The molecule has 1 atom stereocenters. The first kappa shape index (κ1) is 10.8. The van der Waals surface area contributed by atoms with Gasteiger partial charge in [0.2, 0.25) is 0 Å². The van der Waals surface area contributed by atoms with Gasteiger partial charge in [-0.05, 0) is 52.9 Å². The first-order chi connectivity index (χ1) is 8.33. The Balaban J connectivity index is 1.74. The quantitative estimate of drug-likeness (QED) is 0.896. The minimum absolute atomic E-state index is 0.0313. The molecule has 3 heteroatoms. The zero-order valence-electron chi connectivity index (χ0n) is 9.50. The van der Waals surface area contributed by atoms with Crippen molar-refractivity contribution in [2.24, 2.45) is 5.73 Å². The number of ether oxygens (including phenoxy) is 1. The standard InChI is InChI=1S/C14H15NOS/c15-14(11-7-8-17-9-11)10-1-3-12(4-2-10)16-13-5-6-13/h1-4,7-9,13-14H,5-6,15H2. The second-order valence-electron chi connectivity index (χ2n) is 4.42. The van der Waals surface area contributed by atoms with Gasteiger partial charge in [0.15, 0.2) is 0 Å². The van der Waals surface area contributed by atoms with Crippen molar-refractivity contribution in [3.63, 3.8) is 0 Å². The van der Waals surface area contributed by atoms with Gasteiger partial charge < -0.3 is 10.5 Å². The first-order valence-electron chi connectivity index (χ1n) is 5.87. The summed E-state index contributed by atoms with van der Waals surface area (Å²) in [6, 6.07) is 10.2. The largest absolute Gasteiger partial charge is 0.490 e. The summed E-state index contributed by atoms with van der Waals surface area (Å²) in [5.41, 5.74) is 8.49. The molecular formula is C14H15NOS. The molecule has 1 heterocycles. The summed E-state index contributed by atoms with van der Waals surface area (Å²) in [7, 11) is 0. The third kappa shape index (κ3) is 2.51. The molecule has 1 fully saturated rings. The van der Waals surface area contributed by atoms with Crippen LogP contribution >= 0.6 is 11.3 Å². The van der Waals surface area contributed by atoms with E-state index in [0.717, 1.165) is 11.3 Å². The third-order valence-corrected chi connectivity index (χ3v) is 3.67. The molecule has 1 aromatic carbocycles. The van der Waals surface area contributed by atoms with E-state index in [9.17, 15) is 0 Å². The van der Waals surface area contributed by atoms with E-state index in [-0.39, 0.29) is 6.04 Å². The van der Waals surface area contributed by atoms with Gasteiger partial charge in [0.1, 0.15) is 5.75 Å². The van der Waals surface area contributed by atoms with E-state index < -0.39 is 0 Å². The van der Waals surface area contributed by atoms with E-state index in [0.29, 0.717) is 6.10 Å². The van der Waals surface area contributed by atoms with Gasteiger partial charge in [0.05, 0.1) is 12.1 Å². The highest BCUT2D eigenvalue weighted by atomic mass is 32.1. The van der Waals surface area contributed by atoms with Crippen molar-refractivity contribution in [3.8, 4) is 5.75 Å². The number of thiophene rings is 1. The normalized spacial score (nSPS) is 16.8. The van der Waals surface area contributed by atoms with Gasteiger partial charge in [0.25, 0.3) is 0 Å². The molecule has 0 spiro atoms. The van der Waals surface area contributed by atoms with Crippen LogP contribution in [0.15, 0.2) is 41.1 Å². The predicted molar refractivity (Wildman–Crippen MR) is 70.4 cm³/mol. The highest BCUT2D eigenvalue weighted by Crippen LogP contribution is 2.28. The van der Waals surface area contributed by atoms with Gasteiger partial charge in [-0.25, -0.2) is 0 Å². The van der Waals surface area contributed by atoms with Crippen LogP contribution in [0.25, 0.3) is 0 Å². The Hall–Kier alpha value is -1.32. The van der Waals surface area contributed by atoms with Gasteiger partial charge in [-0.3, -0.25) is 0 Å². The Labute approximate surface area is 105 Å². The highest BCUT2D eigenvalue weighted by Gasteiger charge is 2.23. The van der Waals surface area contributed by atoms with Crippen LogP contribution in [0, 0.1) is 0 Å². The molecule has 1 saturated carbocycles. The fourth-order valence-electron chi connectivity index (χ4n) is 1.78. The summed E-state index contributed by atoms with van der Waals surface area (Å²) in [6.07, 6.45) is 2.83. The maximum Gasteiger partial charge on any atom is 0.119 e. The SMILES string of the molecule is NC(c1ccc(OC2CC2)cc1)c1ccsc1. The molecule has 2 nitrogen and oxygen atoms in total. The lowest BCUT2D eigenvalue weighted by atomic mass is 10.0. The average molecular weight is 245 g/mol. The van der Waals surface area contributed by atoms with Gasteiger partial charge >= 0.3 is 0 Å². The average Bonchev–Trinajstić information content (AvgIpc) is 3.00. The van der Waals surface area contributed by atoms with E-state index in [1.807, 2.05) is 12.1 Å². The molecule has 1 aromatic heterocycles. The molecule has 17 heavy (non-hydrogen) atoms. The first-order valence-corrected chi connectivity index (χ1v) is 6.81. The van der Waals surface area contributed by atoms with Crippen LogP contribution in [-0.2, 0) is 0 Å². The minimum Gasteiger partial charge on any atom is -0.490 e. The molecule has 2 aromatic rings. The summed E-state index contributed by atoms with van der Waals surface area (Å²) in [6.45, 7) is 0. The van der Waals surface area contributed by atoms with Crippen molar-refractivity contribution < 1.29 is 4.74 Å². The van der Waals surface area contributed by atoms with Crippen LogP contribution in [-0.4, -0.2) is 6.10 Å². The maximum absolute atomic E-state index is 6.19. The van der Waals surface area contributed by atoms with Crippen LogP contribution in [0.2, 0.25) is 0 Å². The van der Waals surface area contributed by atoms with Crippen molar-refractivity contribution >= 4 is 11.3 Å². The smallest absolute Gasteiger partial charge is 0.119 e. The zero-order valence-corrected chi connectivity index (χ0v) is 10.3. The molecule has 1 aliphatic carbocycles. The molecule has 0 bridgehead atoms. The third-order valence-electron chi connectivity index (χ3n) is 2.97. The van der Waals surface area contributed by atoms with Crippen LogP contribution in [0.1, 0.15) is 30.0 Å². The molecule has 1 unspecified atom stereocenters. The summed E-state index contributed by atoms with van der Waals surface area (Å²) in [5, 5.41) is 4.15. The molecule has 0 radical (unpaired) electrons. The van der Waals surface area contributed by atoms with E-state index in [2.05, 4.69) is 29.0 Å². The Bertz CT molecular complexity index is 473. The van der Waals surface area contributed by atoms with Gasteiger partial charge in [-0.1, -0.05) is 12.1 Å². The van der Waals surface area contributed by atoms with Crippen molar-refractivity contribution in [2.45, 2.75) is 25.0 Å².